The van der Waals surface area contributed by atoms with Gasteiger partial charge in [0.25, 0.3) is 0 Å². The average molecular weight is 495 g/mol. The summed E-state index contributed by atoms with van der Waals surface area (Å²) in [5, 5.41) is 14.7. The van der Waals surface area contributed by atoms with Crippen LogP contribution < -0.4 is 0 Å². The van der Waals surface area contributed by atoms with Gasteiger partial charge in [-0.3, -0.25) is 14.3 Å². The fourth-order valence-corrected chi connectivity index (χ4v) is 5.73. The minimum atomic E-state index is -0.697. The Balaban J connectivity index is 1.47. The zero-order valence-electron chi connectivity index (χ0n) is 21.0. The second-order valence-electron chi connectivity index (χ2n) is 10.0. The number of hydrogen-bond acceptors (Lipinski definition) is 6. The van der Waals surface area contributed by atoms with Gasteiger partial charge in [0.2, 0.25) is 5.91 Å². The number of carbonyl (C=O) groups is 2. The van der Waals surface area contributed by atoms with Crippen LogP contribution in [-0.4, -0.2) is 55.2 Å². The van der Waals surface area contributed by atoms with E-state index in [9.17, 15) is 14.7 Å². The van der Waals surface area contributed by atoms with Crippen molar-refractivity contribution in [1.29, 1.82) is 0 Å². The van der Waals surface area contributed by atoms with Crippen molar-refractivity contribution < 1.29 is 14.7 Å². The summed E-state index contributed by atoms with van der Waals surface area (Å²) in [6.45, 7) is 10.1. The van der Waals surface area contributed by atoms with Crippen LogP contribution in [-0.2, 0) is 9.59 Å². The number of aryl methyl sites for hydroxylation is 2. The van der Waals surface area contributed by atoms with E-state index in [1.54, 1.807) is 27.1 Å². The highest BCUT2D eigenvalue weighted by atomic mass is 32.1. The number of ketones is 1. The molecule has 186 valence electrons. The summed E-state index contributed by atoms with van der Waals surface area (Å²) in [5.41, 5.74) is 6.04. The minimum Gasteiger partial charge on any atom is -0.391 e. The molecule has 1 saturated heterocycles. The summed E-state index contributed by atoms with van der Waals surface area (Å²) < 4.78 is 1.68. The van der Waals surface area contributed by atoms with Gasteiger partial charge >= 0.3 is 0 Å². The number of aliphatic hydroxyl groups is 1. The normalized spacial score (nSPS) is 19.8. The molecule has 0 saturated carbocycles. The first-order valence-corrected chi connectivity index (χ1v) is 13.1. The van der Waals surface area contributed by atoms with Crippen LogP contribution in [0, 0.1) is 19.8 Å². The van der Waals surface area contributed by atoms with Crippen LogP contribution in [0.15, 0.2) is 42.2 Å². The lowest BCUT2D eigenvalue weighted by molar-refractivity contribution is -0.142. The standard InChI is InChI=1S/C27H34N4O3S/c1-16(2)25(31-13-17(3)12-29-31)27(34)30-14-22(32)11-23(30)24(33)10-18(4)20-6-8-21(9-7-20)26-19(5)28-15-35-26/h6-9,12-13,15-16,18,22-23,25,32H,10-11,14H2,1-5H3/t18-,22-,23+,25+/m1/s1. The molecule has 1 aromatic carbocycles. The smallest absolute Gasteiger partial charge is 0.248 e. The number of β-amino-alcohol motifs (C(OH)–C–C–N with tert-alkyl or cyclic N) is 1. The monoisotopic (exact) mass is 494 g/mol. The predicted molar refractivity (Wildman–Crippen MR) is 137 cm³/mol. The molecule has 0 spiro atoms. The van der Waals surface area contributed by atoms with Crippen LogP contribution in [0.3, 0.4) is 0 Å². The lowest BCUT2D eigenvalue weighted by Gasteiger charge is -2.30. The summed E-state index contributed by atoms with van der Waals surface area (Å²) in [6.07, 6.45) is 3.48. The summed E-state index contributed by atoms with van der Waals surface area (Å²) >= 11 is 1.62. The van der Waals surface area contributed by atoms with Crippen LogP contribution in [0.1, 0.15) is 62.4 Å². The maximum Gasteiger partial charge on any atom is 0.248 e. The number of benzene rings is 1. The number of aliphatic hydroxyl groups excluding tert-OH is 1. The van der Waals surface area contributed by atoms with E-state index in [1.165, 1.54) is 0 Å². The number of nitrogens with zero attached hydrogens (tertiary/aromatic N) is 4. The zero-order valence-corrected chi connectivity index (χ0v) is 21.8. The molecule has 8 heteroatoms. The number of hydrogen-bond donors (Lipinski definition) is 1. The van der Waals surface area contributed by atoms with Gasteiger partial charge in [0, 0.05) is 25.6 Å². The first kappa shape index (κ1) is 25.3. The van der Waals surface area contributed by atoms with Gasteiger partial charge in [-0.15, -0.1) is 11.3 Å². The van der Waals surface area contributed by atoms with Gasteiger partial charge in [0.05, 0.1) is 34.4 Å². The van der Waals surface area contributed by atoms with Crippen molar-refractivity contribution in [2.75, 3.05) is 6.54 Å². The van der Waals surface area contributed by atoms with Gasteiger partial charge < -0.3 is 10.0 Å². The van der Waals surface area contributed by atoms with Gasteiger partial charge in [0.1, 0.15) is 6.04 Å². The van der Waals surface area contributed by atoms with Crippen molar-refractivity contribution in [2.45, 2.75) is 71.6 Å². The molecular weight excluding hydrogens is 460 g/mol. The molecule has 1 amide bonds. The third kappa shape index (κ3) is 5.38. The third-order valence-electron chi connectivity index (χ3n) is 6.83. The zero-order chi connectivity index (χ0) is 25.3. The number of aromatic nitrogens is 3. The second-order valence-corrected chi connectivity index (χ2v) is 10.9. The third-order valence-corrected chi connectivity index (χ3v) is 7.81. The van der Waals surface area contributed by atoms with Crippen molar-refractivity contribution in [3.8, 4) is 10.4 Å². The molecule has 4 atom stereocenters. The average Bonchev–Trinajstić information content (AvgIpc) is 3.53. The Bertz CT molecular complexity index is 1180. The van der Waals surface area contributed by atoms with Crippen LogP contribution in [0.4, 0.5) is 0 Å². The van der Waals surface area contributed by atoms with Gasteiger partial charge in [-0.1, -0.05) is 45.0 Å². The molecule has 0 unspecified atom stereocenters. The number of amides is 1. The molecule has 1 fully saturated rings. The number of thiazole rings is 1. The molecule has 3 aromatic rings. The Morgan fingerprint density at radius 2 is 1.89 bits per heavy atom. The molecule has 2 aromatic heterocycles. The van der Waals surface area contributed by atoms with Crippen molar-refractivity contribution in [2.24, 2.45) is 5.92 Å². The van der Waals surface area contributed by atoms with E-state index in [0.717, 1.165) is 27.3 Å². The van der Waals surface area contributed by atoms with E-state index in [1.807, 2.05) is 46.3 Å². The van der Waals surface area contributed by atoms with Crippen LogP contribution in [0.2, 0.25) is 0 Å². The molecule has 4 rings (SSSR count). The van der Waals surface area contributed by atoms with Gasteiger partial charge in [-0.25, -0.2) is 4.98 Å². The summed E-state index contributed by atoms with van der Waals surface area (Å²) in [7, 11) is 0. The maximum atomic E-state index is 13.6. The number of rotatable bonds is 8. The number of carbonyl (C=O) groups excluding carboxylic acids is 2. The topological polar surface area (TPSA) is 88.3 Å². The second kappa shape index (κ2) is 10.4. The van der Waals surface area contributed by atoms with E-state index < -0.39 is 18.2 Å². The maximum absolute atomic E-state index is 13.6. The SMILES string of the molecule is Cc1cnn([C@H](C(=O)N2C[C@H](O)C[C@H]2C(=O)C[C@@H](C)c2ccc(-c3scnc3C)cc2)C(C)C)c1. The number of Topliss-reactive ketones (excluding diaryl/α,β-unsaturated/α-hetero) is 1. The summed E-state index contributed by atoms with van der Waals surface area (Å²) in [4.78, 5) is 34.0. The largest absolute Gasteiger partial charge is 0.391 e. The highest BCUT2D eigenvalue weighted by molar-refractivity contribution is 7.13. The Morgan fingerprint density at radius 1 is 1.17 bits per heavy atom. The van der Waals surface area contributed by atoms with E-state index >= 15 is 0 Å². The molecular formula is C27H34N4O3S. The van der Waals surface area contributed by atoms with Crippen molar-refractivity contribution in [3.05, 3.63) is 59.0 Å². The first-order valence-electron chi connectivity index (χ1n) is 12.2. The minimum absolute atomic E-state index is 0.00321. The van der Waals surface area contributed by atoms with E-state index in [-0.39, 0.29) is 36.5 Å². The van der Waals surface area contributed by atoms with Gasteiger partial charge in [-0.2, -0.15) is 5.10 Å². The van der Waals surface area contributed by atoms with Crippen molar-refractivity contribution >= 4 is 23.0 Å². The molecule has 0 aliphatic carbocycles. The highest BCUT2D eigenvalue weighted by Crippen LogP contribution is 2.32. The van der Waals surface area contributed by atoms with E-state index in [2.05, 4.69) is 34.3 Å². The van der Waals surface area contributed by atoms with E-state index in [0.29, 0.717) is 6.42 Å². The summed E-state index contributed by atoms with van der Waals surface area (Å²) in [5.74, 6) is -0.169. The van der Waals surface area contributed by atoms with Gasteiger partial charge in [-0.05, 0) is 42.4 Å². The Hall–Kier alpha value is -2.84. The predicted octanol–water partition coefficient (Wildman–Crippen LogP) is 4.55. The fourth-order valence-electron chi connectivity index (χ4n) is 4.92. The Morgan fingerprint density at radius 3 is 2.46 bits per heavy atom. The van der Waals surface area contributed by atoms with Crippen molar-refractivity contribution in [3.63, 3.8) is 0 Å². The van der Waals surface area contributed by atoms with Gasteiger partial charge in [0.15, 0.2) is 5.78 Å². The molecule has 7 nitrogen and oxygen atoms in total. The van der Waals surface area contributed by atoms with Crippen LogP contribution in [0.25, 0.3) is 10.4 Å². The van der Waals surface area contributed by atoms with Crippen molar-refractivity contribution in [1.82, 2.24) is 19.7 Å². The molecule has 1 aliphatic rings. The number of likely N-dealkylation sites (tertiary alicyclic amines) is 1. The first-order chi connectivity index (χ1) is 16.7. The Kier molecular flexibility index (Phi) is 7.52. The molecule has 1 aliphatic heterocycles. The quantitative estimate of drug-likeness (QED) is 0.497. The lowest BCUT2D eigenvalue weighted by atomic mass is 9.91. The lowest BCUT2D eigenvalue weighted by Crippen LogP contribution is -2.45. The molecule has 3 heterocycles. The van der Waals surface area contributed by atoms with Crippen LogP contribution in [0.5, 0.6) is 0 Å². The Labute approximate surface area is 210 Å². The van der Waals surface area contributed by atoms with E-state index in [4.69, 9.17) is 0 Å². The molecule has 1 N–H and O–H groups in total. The molecule has 35 heavy (non-hydrogen) atoms. The highest BCUT2D eigenvalue weighted by Gasteiger charge is 2.42. The summed E-state index contributed by atoms with van der Waals surface area (Å²) in [6, 6.07) is 7.15. The fraction of sp³-hybridized carbons (Fsp3) is 0.481. The molecule has 0 bridgehead atoms. The van der Waals surface area contributed by atoms with Crippen LogP contribution >= 0.6 is 11.3 Å². The molecule has 0 radical (unpaired) electrons.